The van der Waals surface area contributed by atoms with E-state index >= 15 is 0 Å². The van der Waals surface area contributed by atoms with E-state index in [1.165, 1.54) is 0 Å². The number of aliphatic hydroxyl groups excluding tert-OH is 1. The molecule has 0 amide bonds. The minimum atomic E-state index is 0.0839. The average molecular weight is 491 g/mol. The Kier molecular flexibility index (Phi) is 7.62. The van der Waals surface area contributed by atoms with Gasteiger partial charge in [-0.15, -0.1) is 0 Å². The van der Waals surface area contributed by atoms with Crippen LogP contribution in [0.3, 0.4) is 0 Å². The van der Waals surface area contributed by atoms with Gasteiger partial charge in [0.1, 0.15) is 5.82 Å². The standard InChI is InChI=1S/C30H30N6O/c1-2-15-36(16-17-37)25-18-23(19-31-21-25)29-34-27-13-8-12-26(22-9-4-3-5-10-22)28(27)30(35-29)33-20-24-11-6-7-14-32-24/h3-14,18-19,21,37H,2,15-17,20H2,1H3,(H,33,34,35). The minimum Gasteiger partial charge on any atom is -0.395 e. The van der Waals surface area contributed by atoms with Gasteiger partial charge in [-0.1, -0.05) is 55.5 Å². The van der Waals surface area contributed by atoms with Crippen LogP contribution < -0.4 is 10.2 Å². The molecule has 7 nitrogen and oxygen atoms in total. The van der Waals surface area contributed by atoms with Crippen LogP contribution in [0.4, 0.5) is 11.5 Å². The number of benzene rings is 2. The Morgan fingerprint density at radius 1 is 0.865 bits per heavy atom. The molecular formula is C30H30N6O. The lowest BCUT2D eigenvalue weighted by atomic mass is 10.0. The highest BCUT2D eigenvalue weighted by molar-refractivity contribution is 6.02. The zero-order valence-corrected chi connectivity index (χ0v) is 20.9. The maximum atomic E-state index is 9.54. The van der Waals surface area contributed by atoms with Gasteiger partial charge in [0.2, 0.25) is 0 Å². The summed E-state index contributed by atoms with van der Waals surface area (Å²) >= 11 is 0. The van der Waals surface area contributed by atoms with E-state index in [-0.39, 0.29) is 6.61 Å². The first kappa shape index (κ1) is 24.3. The smallest absolute Gasteiger partial charge is 0.163 e. The number of fused-ring (bicyclic) bond motifs is 1. The first-order valence-electron chi connectivity index (χ1n) is 12.6. The molecule has 0 saturated carbocycles. The van der Waals surface area contributed by atoms with Crippen molar-refractivity contribution < 1.29 is 5.11 Å². The van der Waals surface area contributed by atoms with E-state index in [4.69, 9.17) is 9.97 Å². The van der Waals surface area contributed by atoms with Gasteiger partial charge in [-0.25, -0.2) is 9.97 Å². The fraction of sp³-hybridized carbons (Fsp3) is 0.200. The fourth-order valence-corrected chi connectivity index (χ4v) is 4.46. The van der Waals surface area contributed by atoms with Crippen LogP contribution in [-0.4, -0.2) is 44.7 Å². The third-order valence-corrected chi connectivity index (χ3v) is 6.18. The SMILES string of the molecule is CCCN(CCO)c1cncc(-c2nc(NCc3ccccn3)c3c(-c4ccccc4)cccc3n2)c1. The van der Waals surface area contributed by atoms with E-state index in [9.17, 15) is 5.11 Å². The summed E-state index contributed by atoms with van der Waals surface area (Å²) in [7, 11) is 0. The van der Waals surface area contributed by atoms with Crippen molar-refractivity contribution in [3.05, 3.63) is 97.1 Å². The number of nitrogens with one attached hydrogen (secondary N) is 1. The van der Waals surface area contributed by atoms with Gasteiger partial charge in [0.05, 0.1) is 41.6 Å². The van der Waals surface area contributed by atoms with Crippen molar-refractivity contribution in [1.82, 2.24) is 19.9 Å². The van der Waals surface area contributed by atoms with Gasteiger partial charge in [0, 0.05) is 31.0 Å². The first-order valence-corrected chi connectivity index (χ1v) is 12.6. The molecule has 2 N–H and O–H groups in total. The molecule has 3 heterocycles. The molecule has 0 aliphatic carbocycles. The van der Waals surface area contributed by atoms with Crippen molar-refractivity contribution in [3.63, 3.8) is 0 Å². The van der Waals surface area contributed by atoms with Crippen molar-refractivity contribution in [1.29, 1.82) is 0 Å². The third kappa shape index (κ3) is 5.57. The van der Waals surface area contributed by atoms with Gasteiger partial charge in [-0.3, -0.25) is 9.97 Å². The normalized spacial score (nSPS) is 11.0. The highest BCUT2D eigenvalue weighted by Crippen LogP contribution is 2.34. The quantitative estimate of drug-likeness (QED) is 0.264. The van der Waals surface area contributed by atoms with Crippen molar-refractivity contribution in [2.24, 2.45) is 0 Å². The molecule has 37 heavy (non-hydrogen) atoms. The number of rotatable bonds is 10. The number of aliphatic hydroxyl groups is 1. The summed E-state index contributed by atoms with van der Waals surface area (Å²) in [6.45, 7) is 4.13. The van der Waals surface area contributed by atoms with E-state index in [1.54, 1.807) is 12.4 Å². The van der Waals surface area contributed by atoms with E-state index < -0.39 is 0 Å². The molecule has 0 fully saturated rings. The molecule has 0 aliphatic heterocycles. The van der Waals surface area contributed by atoms with Crippen molar-refractivity contribution >= 4 is 22.4 Å². The Morgan fingerprint density at radius 3 is 2.51 bits per heavy atom. The monoisotopic (exact) mass is 490 g/mol. The third-order valence-electron chi connectivity index (χ3n) is 6.18. The molecule has 186 valence electrons. The van der Waals surface area contributed by atoms with Crippen molar-refractivity contribution in [2.75, 3.05) is 29.9 Å². The summed E-state index contributed by atoms with van der Waals surface area (Å²) in [6.07, 6.45) is 6.38. The summed E-state index contributed by atoms with van der Waals surface area (Å²) in [5, 5.41) is 14.0. The largest absolute Gasteiger partial charge is 0.395 e. The van der Waals surface area contributed by atoms with Crippen molar-refractivity contribution in [2.45, 2.75) is 19.9 Å². The lowest BCUT2D eigenvalue weighted by Gasteiger charge is -2.23. The Bertz CT molecular complexity index is 1450. The molecule has 7 heteroatoms. The summed E-state index contributed by atoms with van der Waals surface area (Å²) in [5.74, 6) is 1.34. The number of pyridine rings is 2. The molecule has 5 aromatic rings. The lowest BCUT2D eigenvalue weighted by Crippen LogP contribution is -2.27. The van der Waals surface area contributed by atoms with Gasteiger partial charge < -0.3 is 15.3 Å². The predicted octanol–water partition coefficient (Wildman–Crippen LogP) is 5.57. The Morgan fingerprint density at radius 2 is 1.73 bits per heavy atom. The minimum absolute atomic E-state index is 0.0839. The Labute approximate surface area is 216 Å². The lowest BCUT2D eigenvalue weighted by molar-refractivity contribution is 0.302. The van der Waals surface area contributed by atoms with E-state index in [1.807, 2.05) is 60.8 Å². The van der Waals surface area contributed by atoms with Crippen LogP contribution in [0.5, 0.6) is 0 Å². The summed E-state index contributed by atoms with van der Waals surface area (Å²) < 4.78 is 0. The van der Waals surface area contributed by atoms with Crippen LogP contribution in [0, 0.1) is 0 Å². The maximum Gasteiger partial charge on any atom is 0.163 e. The van der Waals surface area contributed by atoms with Gasteiger partial charge in [0.25, 0.3) is 0 Å². The molecule has 0 atom stereocenters. The molecule has 5 rings (SSSR count). The van der Waals surface area contributed by atoms with E-state index in [2.05, 4.69) is 45.3 Å². The molecule has 0 unspecified atom stereocenters. The van der Waals surface area contributed by atoms with E-state index in [0.717, 1.165) is 57.8 Å². The molecule has 0 saturated heterocycles. The summed E-state index contributed by atoms with van der Waals surface area (Å²) in [5.41, 5.74) is 5.71. The maximum absolute atomic E-state index is 9.54. The zero-order chi connectivity index (χ0) is 25.5. The molecule has 0 bridgehead atoms. The van der Waals surface area contributed by atoms with Crippen molar-refractivity contribution in [3.8, 4) is 22.5 Å². The second kappa shape index (κ2) is 11.6. The molecule has 2 aromatic carbocycles. The van der Waals surface area contributed by atoms with Gasteiger partial charge in [-0.05, 0) is 41.8 Å². The zero-order valence-electron chi connectivity index (χ0n) is 20.9. The van der Waals surface area contributed by atoms with Gasteiger partial charge in [-0.2, -0.15) is 0 Å². The fourth-order valence-electron chi connectivity index (χ4n) is 4.46. The highest BCUT2D eigenvalue weighted by atomic mass is 16.3. The number of hydrogen-bond acceptors (Lipinski definition) is 7. The molecule has 3 aromatic heterocycles. The van der Waals surface area contributed by atoms with Crippen LogP contribution in [0.25, 0.3) is 33.4 Å². The number of anilines is 2. The molecule has 0 aliphatic rings. The number of aromatic nitrogens is 4. The second-order valence-electron chi connectivity index (χ2n) is 8.78. The highest BCUT2D eigenvalue weighted by Gasteiger charge is 2.16. The van der Waals surface area contributed by atoms with Crippen LogP contribution >= 0.6 is 0 Å². The number of hydrogen-bond donors (Lipinski definition) is 2. The van der Waals surface area contributed by atoms with Gasteiger partial charge in [0.15, 0.2) is 5.82 Å². The summed E-state index contributed by atoms with van der Waals surface area (Å²) in [4.78, 5) is 21.0. The number of nitrogens with zero attached hydrogens (tertiary/aromatic N) is 5. The van der Waals surface area contributed by atoms with Gasteiger partial charge >= 0.3 is 0 Å². The Hall–Kier alpha value is -4.36. The molecule has 0 spiro atoms. The van der Waals surface area contributed by atoms with E-state index in [0.29, 0.717) is 18.9 Å². The molecule has 0 radical (unpaired) electrons. The summed E-state index contributed by atoms with van der Waals surface area (Å²) in [6, 6.07) is 24.4. The van der Waals surface area contributed by atoms with Crippen LogP contribution in [0.1, 0.15) is 19.0 Å². The predicted molar refractivity (Wildman–Crippen MR) is 149 cm³/mol. The topological polar surface area (TPSA) is 87.1 Å². The Balaban J connectivity index is 1.62. The van der Waals surface area contributed by atoms with Crippen LogP contribution in [0.2, 0.25) is 0 Å². The molecular weight excluding hydrogens is 460 g/mol. The van der Waals surface area contributed by atoms with Crippen LogP contribution in [0.15, 0.2) is 91.4 Å². The second-order valence-corrected chi connectivity index (χ2v) is 8.78. The van der Waals surface area contributed by atoms with Crippen LogP contribution in [-0.2, 0) is 6.54 Å². The average Bonchev–Trinajstić information content (AvgIpc) is 2.96. The first-order chi connectivity index (χ1) is 18.3.